The predicted molar refractivity (Wildman–Crippen MR) is 60.3 cm³/mol. The maximum Gasteiger partial charge on any atom is 0.132 e. The molecule has 4 heteroatoms. The van der Waals surface area contributed by atoms with E-state index in [-0.39, 0.29) is 12.6 Å². The van der Waals surface area contributed by atoms with Crippen molar-refractivity contribution in [2.24, 2.45) is 5.92 Å². The predicted octanol–water partition coefficient (Wildman–Crippen LogP) is 2.15. The number of hydrogen-bond acceptors (Lipinski definition) is 3. The van der Waals surface area contributed by atoms with Crippen LogP contribution in [-0.2, 0) is 0 Å². The standard InChI is InChI=1S/C12H16FN3/c13-6-9-3-4-16(7-9)12-5-11(10-1-2-10)14-8-15-12/h5,8-10H,1-4,6-7H2. The first-order valence-corrected chi connectivity index (χ1v) is 5.99. The zero-order chi connectivity index (χ0) is 11.0. The summed E-state index contributed by atoms with van der Waals surface area (Å²) in [5.74, 6) is 1.83. The monoisotopic (exact) mass is 221 g/mol. The van der Waals surface area contributed by atoms with Crippen LogP contribution in [0, 0.1) is 5.92 Å². The van der Waals surface area contributed by atoms with Crippen molar-refractivity contribution in [3.05, 3.63) is 18.1 Å². The molecule has 1 atom stereocenters. The van der Waals surface area contributed by atoms with Crippen LogP contribution in [0.25, 0.3) is 0 Å². The molecule has 0 amide bonds. The molecule has 3 rings (SSSR count). The van der Waals surface area contributed by atoms with Crippen LogP contribution in [0.15, 0.2) is 12.4 Å². The summed E-state index contributed by atoms with van der Waals surface area (Å²) in [5.41, 5.74) is 1.16. The molecular weight excluding hydrogens is 205 g/mol. The van der Waals surface area contributed by atoms with Gasteiger partial charge in [-0.25, -0.2) is 9.97 Å². The fourth-order valence-electron chi connectivity index (χ4n) is 2.30. The van der Waals surface area contributed by atoms with Crippen molar-refractivity contribution >= 4 is 5.82 Å². The number of aromatic nitrogens is 2. The van der Waals surface area contributed by atoms with E-state index in [0.29, 0.717) is 5.92 Å². The van der Waals surface area contributed by atoms with Gasteiger partial charge in [0.15, 0.2) is 0 Å². The molecule has 3 nitrogen and oxygen atoms in total. The highest BCUT2D eigenvalue weighted by Gasteiger charge is 2.27. The summed E-state index contributed by atoms with van der Waals surface area (Å²) >= 11 is 0. The molecule has 0 aromatic carbocycles. The minimum absolute atomic E-state index is 0.194. The van der Waals surface area contributed by atoms with Gasteiger partial charge in [-0.1, -0.05) is 0 Å². The molecule has 2 fully saturated rings. The number of alkyl halides is 1. The Morgan fingerprint density at radius 3 is 2.88 bits per heavy atom. The Morgan fingerprint density at radius 1 is 1.31 bits per heavy atom. The Labute approximate surface area is 94.7 Å². The van der Waals surface area contributed by atoms with E-state index in [9.17, 15) is 4.39 Å². The van der Waals surface area contributed by atoms with Gasteiger partial charge in [0.2, 0.25) is 0 Å². The zero-order valence-corrected chi connectivity index (χ0v) is 9.27. The van der Waals surface area contributed by atoms with Crippen molar-refractivity contribution in [1.29, 1.82) is 0 Å². The van der Waals surface area contributed by atoms with Crippen molar-refractivity contribution in [3.63, 3.8) is 0 Å². The van der Waals surface area contributed by atoms with Crippen LogP contribution >= 0.6 is 0 Å². The molecule has 1 aromatic rings. The third kappa shape index (κ3) is 1.88. The van der Waals surface area contributed by atoms with E-state index in [1.165, 1.54) is 12.8 Å². The molecule has 2 heterocycles. The topological polar surface area (TPSA) is 29.0 Å². The highest BCUT2D eigenvalue weighted by atomic mass is 19.1. The van der Waals surface area contributed by atoms with E-state index in [0.717, 1.165) is 31.0 Å². The molecule has 86 valence electrons. The summed E-state index contributed by atoms with van der Waals surface area (Å²) < 4.78 is 12.5. The highest BCUT2D eigenvalue weighted by molar-refractivity contribution is 5.41. The molecule has 1 unspecified atom stereocenters. The number of rotatable bonds is 3. The van der Waals surface area contributed by atoms with E-state index in [4.69, 9.17) is 0 Å². The average molecular weight is 221 g/mol. The SMILES string of the molecule is FCC1CCN(c2cc(C3CC3)ncn2)C1. The Balaban J connectivity index is 1.76. The quantitative estimate of drug-likeness (QED) is 0.783. The maximum absolute atomic E-state index is 12.5. The molecule has 1 aromatic heterocycles. The van der Waals surface area contributed by atoms with Crippen molar-refractivity contribution in [3.8, 4) is 0 Å². The van der Waals surface area contributed by atoms with Gasteiger partial charge in [0.25, 0.3) is 0 Å². The molecule has 1 saturated heterocycles. The zero-order valence-electron chi connectivity index (χ0n) is 9.27. The second-order valence-electron chi connectivity index (χ2n) is 4.83. The summed E-state index contributed by atoms with van der Waals surface area (Å²) in [5, 5.41) is 0. The average Bonchev–Trinajstić information content (AvgIpc) is 3.07. The van der Waals surface area contributed by atoms with Crippen LogP contribution in [0.2, 0.25) is 0 Å². The molecule has 1 aliphatic heterocycles. The molecule has 1 saturated carbocycles. The van der Waals surface area contributed by atoms with Crippen LogP contribution in [0.3, 0.4) is 0 Å². The van der Waals surface area contributed by atoms with Crippen LogP contribution in [0.1, 0.15) is 30.9 Å². The Morgan fingerprint density at radius 2 is 2.19 bits per heavy atom. The first-order chi connectivity index (χ1) is 7.86. The molecule has 0 radical (unpaired) electrons. The van der Waals surface area contributed by atoms with Crippen molar-refractivity contribution in [1.82, 2.24) is 9.97 Å². The van der Waals surface area contributed by atoms with Crippen molar-refractivity contribution < 1.29 is 4.39 Å². The van der Waals surface area contributed by atoms with Crippen LogP contribution in [-0.4, -0.2) is 29.7 Å². The largest absolute Gasteiger partial charge is 0.356 e. The lowest BCUT2D eigenvalue weighted by molar-refractivity contribution is 0.384. The second-order valence-corrected chi connectivity index (χ2v) is 4.83. The van der Waals surface area contributed by atoms with Crippen molar-refractivity contribution in [2.75, 3.05) is 24.7 Å². The van der Waals surface area contributed by atoms with Crippen LogP contribution < -0.4 is 4.90 Å². The Kier molecular flexibility index (Phi) is 2.50. The van der Waals surface area contributed by atoms with Gasteiger partial charge >= 0.3 is 0 Å². The van der Waals surface area contributed by atoms with Crippen LogP contribution in [0.4, 0.5) is 10.2 Å². The maximum atomic E-state index is 12.5. The van der Waals surface area contributed by atoms with Gasteiger partial charge in [-0.2, -0.15) is 0 Å². The summed E-state index contributed by atoms with van der Waals surface area (Å²) in [6.07, 6.45) is 5.10. The highest BCUT2D eigenvalue weighted by Crippen LogP contribution is 2.39. The summed E-state index contributed by atoms with van der Waals surface area (Å²) in [7, 11) is 0. The molecule has 0 N–H and O–H groups in total. The van der Waals surface area contributed by atoms with Crippen molar-refractivity contribution in [2.45, 2.75) is 25.2 Å². The third-order valence-corrected chi connectivity index (χ3v) is 3.50. The van der Waals surface area contributed by atoms with Crippen LogP contribution in [0.5, 0.6) is 0 Å². The lowest BCUT2D eigenvalue weighted by atomic mass is 10.1. The first kappa shape index (κ1) is 10.00. The van der Waals surface area contributed by atoms with E-state index < -0.39 is 0 Å². The minimum Gasteiger partial charge on any atom is -0.356 e. The molecule has 0 spiro atoms. The second kappa shape index (κ2) is 4.00. The summed E-state index contributed by atoms with van der Waals surface area (Å²) in [6, 6.07) is 2.08. The number of hydrogen-bond donors (Lipinski definition) is 0. The van der Waals surface area contributed by atoms with Gasteiger partial charge in [0.05, 0.1) is 6.67 Å². The fourth-order valence-corrected chi connectivity index (χ4v) is 2.30. The number of nitrogens with zero attached hydrogens (tertiary/aromatic N) is 3. The molecular formula is C12H16FN3. The molecule has 16 heavy (non-hydrogen) atoms. The smallest absolute Gasteiger partial charge is 0.132 e. The Bertz CT molecular complexity index is 378. The lowest BCUT2D eigenvalue weighted by Gasteiger charge is -2.17. The molecule has 0 bridgehead atoms. The van der Waals surface area contributed by atoms with Gasteiger partial charge in [0, 0.05) is 36.7 Å². The number of anilines is 1. The van der Waals surface area contributed by atoms with Gasteiger partial charge < -0.3 is 4.90 Å². The van der Waals surface area contributed by atoms with E-state index in [2.05, 4.69) is 20.9 Å². The summed E-state index contributed by atoms with van der Waals surface area (Å²) in [6.45, 7) is 1.52. The van der Waals surface area contributed by atoms with E-state index in [1.807, 2.05) is 0 Å². The Hall–Kier alpha value is -1.19. The molecule has 2 aliphatic rings. The first-order valence-electron chi connectivity index (χ1n) is 5.99. The third-order valence-electron chi connectivity index (χ3n) is 3.50. The number of halogens is 1. The fraction of sp³-hybridized carbons (Fsp3) is 0.667. The summed E-state index contributed by atoms with van der Waals surface area (Å²) in [4.78, 5) is 10.8. The van der Waals surface area contributed by atoms with Gasteiger partial charge in [-0.15, -0.1) is 0 Å². The van der Waals surface area contributed by atoms with E-state index in [1.54, 1.807) is 6.33 Å². The lowest BCUT2D eigenvalue weighted by Crippen LogP contribution is -2.21. The van der Waals surface area contributed by atoms with Gasteiger partial charge in [-0.3, -0.25) is 4.39 Å². The molecule has 1 aliphatic carbocycles. The minimum atomic E-state index is -0.211. The normalized spacial score (nSPS) is 25.1. The van der Waals surface area contributed by atoms with Gasteiger partial charge in [-0.05, 0) is 19.3 Å². The van der Waals surface area contributed by atoms with E-state index >= 15 is 0 Å². The van der Waals surface area contributed by atoms with Gasteiger partial charge in [0.1, 0.15) is 12.1 Å².